The number of tetrazole rings is 1. The van der Waals surface area contributed by atoms with Crippen LogP contribution < -0.4 is 11.0 Å². The highest BCUT2D eigenvalue weighted by molar-refractivity contribution is 5.90. The molecule has 1 atom stereocenters. The van der Waals surface area contributed by atoms with Gasteiger partial charge in [0, 0.05) is 25.8 Å². The molecule has 0 aliphatic heterocycles. The van der Waals surface area contributed by atoms with Crippen LogP contribution in [0.3, 0.4) is 0 Å². The van der Waals surface area contributed by atoms with Gasteiger partial charge in [0.15, 0.2) is 0 Å². The summed E-state index contributed by atoms with van der Waals surface area (Å²) >= 11 is 0. The molecule has 0 saturated carbocycles. The van der Waals surface area contributed by atoms with Crippen LogP contribution in [0.25, 0.3) is 5.69 Å². The normalized spacial score (nSPS) is 12.1. The molecule has 0 spiro atoms. The van der Waals surface area contributed by atoms with Crippen LogP contribution in [0.2, 0.25) is 0 Å². The lowest BCUT2D eigenvalue weighted by atomic mass is 10.1. The minimum atomic E-state index is -0.417. The second-order valence-corrected chi connectivity index (χ2v) is 4.78. The van der Waals surface area contributed by atoms with Crippen molar-refractivity contribution in [3.63, 3.8) is 0 Å². The maximum absolute atomic E-state index is 11.8. The lowest BCUT2D eigenvalue weighted by molar-refractivity contribution is -0.117. The fraction of sp³-hybridized carbons (Fsp3) is 0.385. The molecule has 0 saturated heterocycles. The van der Waals surface area contributed by atoms with Crippen LogP contribution in [0.1, 0.15) is 13.3 Å². The zero-order chi connectivity index (χ0) is 15.2. The summed E-state index contributed by atoms with van der Waals surface area (Å²) < 4.78 is 6.13. The first kappa shape index (κ1) is 14.9. The van der Waals surface area contributed by atoms with Gasteiger partial charge in [-0.2, -0.15) is 4.68 Å². The smallest absolute Gasteiger partial charge is 0.365 e. The van der Waals surface area contributed by atoms with E-state index in [2.05, 4.69) is 20.8 Å². The van der Waals surface area contributed by atoms with Gasteiger partial charge >= 0.3 is 5.69 Å². The Bertz CT molecular complexity index is 646. The number of anilines is 1. The van der Waals surface area contributed by atoms with Crippen LogP contribution in [0, 0.1) is 5.92 Å². The summed E-state index contributed by atoms with van der Waals surface area (Å²) in [5.41, 5.74) is 0.810. The van der Waals surface area contributed by atoms with Gasteiger partial charge in [0.2, 0.25) is 5.91 Å². The second-order valence-electron chi connectivity index (χ2n) is 4.78. The zero-order valence-electron chi connectivity index (χ0n) is 11.9. The van der Waals surface area contributed by atoms with Gasteiger partial charge in [-0.3, -0.25) is 4.79 Å². The summed E-state index contributed by atoms with van der Waals surface area (Å²) in [5, 5.41) is 12.1. The molecule has 8 nitrogen and oxygen atoms in total. The second kappa shape index (κ2) is 6.80. The van der Waals surface area contributed by atoms with Gasteiger partial charge in [-0.05, 0) is 40.6 Å². The highest BCUT2D eigenvalue weighted by Crippen LogP contribution is 2.12. The highest BCUT2D eigenvalue weighted by Gasteiger charge is 2.09. The molecule has 0 fully saturated rings. The van der Waals surface area contributed by atoms with E-state index in [1.807, 2.05) is 6.92 Å². The van der Waals surface area contributed by atoms with Crippen molar-refractivity contribution in [3.05, 3.63) is 34.7 Å². The number of rotatable bonds is 6. The van der Waals surface area contributed by atoms with Crippen molar-refractivity contribution in [2.75, 3.05) is 19.0 Å². The summed E-state index contributed by atoms with van der Waals surface area (Å²) in [4.78, 5) is 23.2. The van der Waals surface area contributed by atoms with E-state index in [1.54, 1.807) is 31.4 Å². The first-order valence-corrected chi connectivity index (χ1v) is 6.49. The van der Waals surface area contributed by atoms with E-state index < -0.39 is 5.69 Å². The third-order valence-electron chi connectivity index (χ3n) is 2.85. The molecule has 21 heavy (non-hydrogen) atoms. The lowest BCUT2D eigenvalue weighted by Gasteiger charge is -2.10. The van der Waals surface area contributed by atoms with Gasteiger partial charge in [-0.1, -0.05) is 6.92 Å². The molecule has 1 aromatic heterocycles. The van der Waals surface area contributed by atoms with E-state index in [1.165, 1.54) is 0 Å². The Balaban J connectivity index is 1.98. The van der Waals surface area contributed by atoms with Crippen molar-refractivity contribution in [1.82, 2.24) is 20.2 Å². The molecular formula is C13H17N5O3. The molecule has 1 aromatic carbocycles. The van der Waals surface area contributed by atoms with E-state index in [0.29, 0.717) is 24.4 Å². The molecule has 1 heterocycles. The number of hydrogen-bond acceptors (Lipinski definition) is 5. The molecule has 0 bridgehead atoms. The third-order valence-corrected chi connectivity index (χ3v) is 2.85. The van der Waals surface area contributed by atoms with E-state index in [0.717, 1.165) is 4.68 Å². The number of nitrogens with zero attached hydrogens (tertiary/aromatic N) is 3. The topological polar surface area (TPSA) is 102 Å². The van der Waals surface area contributed by atoms with Gasteiger partial charge < -0.3 is 10.1 Å². The number of aromatic amines is 1. The Hall–Kier alpha value is -2.48. The molecule has 8 heteroatoms. The SMILES string of the molecule is COCC(C)CC(=O)Nc1ccc(-n2nn[nH]c2=O)cc1. The van der Waals surface area contributed by atoms with Crippen molar-refractivity contribution in [3.8, 4) is 5.69 Å². The summed E-state index contributed by atoms with van der Waals surface area (Å²) in [5.74, 6) is 0.0777. The zero-order valence-corrected chi connectivity index (χ0v) is 11.9. The van der Waals surface area contributed by atoms with E-state index in [4.69, 9.17) is 4.74 Å². The molecule has 2 aromatic rings. The summed E-state index contributed by atoms with van der Waals surface area (Å²) in [6.07, 6.45) is 0.387. The highest BCUT2D eigenvalue weighted by atomic mass is 16.5. The number of amides is 1. The average molecular weight is 291 g/mol. The molecule has 112 valence electrons. The van der Waals surface area contributed by atoms with Crippen molar-refractivity contribution >= 4 is 11.6 Å². The summed E-state index contributed by atoms with van der Waals surface area (Å²) in [6.45, 7) is 2.49. The molecular weight excluding hydrogens is 274 g/mol. The predicted molar refractivity (Wildman–Crippen MR) is 76.3 cm³/mol. The molecule has 0 radical (unpaired) electrons. The van der Waals surface area contributed by atoms with Crippen LogP contribution in [-0.4, -0.2) is 39.8 Å². The van der Waals surface area contributed by atoms with Gasteiger partial charge in [0.05, 0.1) is 5.69 Å². The molecule has 1 unspecified atom stereocenters. The Morgan fingerprint density at radius 2 is 2.14 bits per heavy atom. The van der Waals surface area contributed by atoms with Crippen LogP contribution in [0.15, 0.2) is 29.1 Å². The number of carbonyl (C=O) groups excluding carboxylic acids is 1. The van der Waals surface area contributed by atoms with Gasteiger partial charge in [-0.15, -0.1) is 0 Å². The van der Waals surface area contributed by atoms with Gasteiger partial charge in [-0.25, -0.2) is 9.89 Å². The molecule has 2 rings (SSSR count). The fourth-order valence-electron chi connectivity index (χ4n) is 1.92. The van der Waals surface area contributed by atoms with E-state index in [-0.39, 0.29) is 11.8 Å². The fourth-order valence-corrected chi connectivity index (χ4v) is 1.92. The Labute approximate surface area is 121 Å². The standard InChI is InChI=1S/C13H17N5O3/c1-9(8-21-2)7-12(19)14-10-3-5-11(6-4-10)18-13(20)15-16-17-18/h3-6,9H,7-8H2,1-2H3,(H,14,19)(H,15,17,20). The lowest BCUT2D eigenvalue weighted by Crippen LogP contribution is -2.18. The number of benzene rings is 1. The number of H-pyrrole nitrogens is 1. The first-order chi connectivity index (χ1) is 10.1. The van der Waals surface area contributed by atoms with Crippen LogP contribution in [0.4, 0.5) is 5.69 Å². The minimum Gasteiger partial charge on any atom is -0.384 e. The van der Waals surface area contributed by atoms with Crippen molar-refractivity contribution in [2.45, 2.75) is 13.3 Å². The maximum atomic E-state index is 11.8. The summed E-state index contributed by atoms with van der Waals surface area (Å²) in [7, 11) is 1.61. The monoisotopic (exact) mass is 291 g/mol. The minimum absolute atomic E-state index is 0.0779. The molecule has 0 aliphatic rings. The van der Waals surface area contributed by atoms with Crippen LogP contribution in [0.5, 0.6) is 0 Å². The van der Waals surface area contributed by atoms with Crippen molar-refractivity contribution < 1.29 is 9.53 Å². The molecule has 0 aliphatic carbocycles. The number of ether oxygens (including phenoxy) is 1. The number of carbonyl (C=O) groups is 1. The first-order valence-electron chi connectivity index (χ1n) is 6.49. The van der Waals surface area contributed by atoms with Crippen molar-refractivity contribution in [1.29, 1.82) is 0 Å². The number of hydrogen-bond donors (Lipinski definition) is 2. The maximum Gasteiger partial charge on any atom is 0.365 e. The Morgan fingerprint density at radius 3 is 2.71 bits per heavy atom. The quantitative estimate of drug-likeness (QED) is 0.810. The van der Waals surface area contributed by atoms with E-state index >= 15 is 0 Å². The number of methoxy groups -OCH3 is 1. The van der Waals surface area contributed by atoms with Gasteiger partial charge in [0.25, 0.3) is 0 Å². The van der Waals surface area contributed by atoms with E-state index in [9.17, 15) is 9.59 Å². The predicted octanol–water partition coefficient (Wildman–Crippen LogP) is 0.567. The summed E-state index contributed by atoms with van der Waals surface area (Å²) in [6, 6.07) is 6.76. The van der Waals surface area contributed by atoms with Crippen molar-refractivity contribution in [2.24, 2.45) is 5.92 Å². The van der Waals surface area contributed by atoms with Crippen LogP contribution >= 0.6 is 0 Å². The van der Waals surface area contributed by atoms with Crippen LogP contribution in [-0.2, 0) is 9.53 Å². The third kappa shape index (κ3) is 3.99. The van der Waals surface area contributed by atoms with Gasteiger partial charge in [0.1, 0.15) is 0 Å². The largest absolute Gasteiger partial charge is 0.384 e. The number of aromatic nitrogens is 4. The number of nitrogens with one attached hydrogen (secondary N) is 2. The molecule has 1 amide bonds. The Kier molecular flexibility index (Phi) is 4.83. The Morgan fingerprint density at radius 1 is 1.43 bits per heavy atom. The average Bonchev–Trinajstić information content (AvgIpc) is 2.86. The molecule has 2 N–H and O–H groups in total.